The average molecular weight is 486 g/mol. The molecule has 2 aliphatic rings. The maximum Gasteiger partial charge on any atom is 0.318 e. The number of aryl methyl sites for hydroxylation is 1. The Labute approximate surface area is 206 Å². The molecule has 0 aliphatic carbocycles. The van der Waals surface area contributed by atoms with Crippen LogP contribution in [0.4, 0.5) is 4.79 Å². The number of fused-ring (bicyclic) bond motifs is 1. The van der Waals surface area contributed by atoms with E-state index < -0.39 is 0 Å². The number of nitrogens with zero attached hydrogens (tertiary/aromatic N) is 2. The molecule has 0 spiro atoms. The van der Waals surface area contributed by atoms with Crippen molar-refractivity contribution < 1.29 is 19.1 Å². The molecule has 3 heterocycles. The first-order valence-corrected chi connectivity index (χ1v) is 13.0. The van der Waals surface area contributed by atoms with Crippen molar-refractivity contribution in [3.05, 3.63) is 51.7 Å². The van der Waals surface area contributed by atoms with Gasteiger partial charge in [-0.05, 0) is 69.2 Å². The van der Waals surface area contributed by atoms with Crippen LogP contribution in [0.25, 0.3) is 0 Å². The lowest BCUT2D eigenvalue weighted by Gasteiger charge is -2.37. The molecule has 1 saturated heterocycles. The van der Waals surface area contributed by atoms with Crippen LogP contribution in [0.3, 0.4) is 0 Å². The van der Waals surface area contributed by atoms with Gasteiger partial charge in [0.05, 0.1) is 12.1 Å². The number of thiophene rings is 1. The van der Waals surface area contributed by atoms with E-state index in [0.29, 0.717) is 26.3 Å². The van der Waals surface area contributed by atoms with Crippen molar-refractivity contribution in [2.75, 3.05) is 32.8 Å². The van der Waals surface area contributed by atoms with Gasteiger partial charge in [-0.15, -0.1) is 11.3 Å². The maximum atomic E-state index is 13.6. The van der Waals surface area contributed by atoms with Crippen LogP contribution in [0, 0.1) is 6.92 Å². The Morgan fingerprint density at radius 1 is 1.26 bits per heavy atom. The summed E-state index contributed by atoms with van der Waals surface area (Å²) >= 11 is 1.73. The fourth-order valence-electron chi connectivity index (χ4n) is 4.53. The van der Waals surface area contributed by atoms with Crippen LogP contribution in [0.5, 0.6) is 5.75 Å². The lowest BCUT2D eigenvalue weighted by molar-refractivity contribution is -0.135. The molecule has 1 fully saturated rings. The molecule has 1 aromatic heterocycles. The van der Waals surface area contributed by atoms with Gasteiger partial charge in [-0.2, -0.15) is 0 Å². The van der Waals surface area contributed by atoms with Gasteiger partial charge in [0, 0.05) is 30.6 Å². The number of rotatable bonds is 8. The molecule has 1 N–H and O–H groups in total. The van der Waals surface area contributed by atoms with Crippen LogP contribution in [0.15, 0.2) is 35.7 Å². The van der Waals surface area contributed by atoms with E-state index in [1.807, 2.05) is 49.9 Å². The quantitative estimate of drug-likeness (QED) is 0.610. The van der Waals surface area contributed by atoms with Crippen LogP contribution >= 0.6 is 11.3 Å². The predicted octanol–water partition coefficient (Wildman–Crippen LogP) is 4.16. The minimum atomic E-state index is -0.223. The summed E-state index contributed by atoms with van der Waals surface area (Å²) in [5.74, 6) is 0.725. The van der Waals surface area contributed by atoms with Gasteiger partial charge in [0.2, 0.25) is 5.91 Å². The van der Waals surface area contributed by atoms with Gasteiger partial charge in [-0.25, -0.2) is 4.79 Å². The highest BCUT2D eigenvalue weighted by molar-refractivity contribution is 7.10. The molecule has 7 nitrogen and oxygen atoms in total. The maximum absolute atomic E-state index is 13.6. The number of carbonyl (C=O) groups is 2. The zero-order valence-electron chi connectivity index (χ0n) is 20.3. The first kappa shape index (κ1) is 24.5. The van der Waals surface area contributed by atoms with Crippen LogP contribution in [0.1, 0.15) is 48.7 Å². The van der Waals surface area contributed by atoms with Gasteiger partial charge in [0.1, 0.15) is 18.9 Å². The van der Waals surface area contributed by atoms with Crippen molar-refractivity contribution in [1.29, 1.82) is 0 Å². The Morgan fingerprint density at radius 2 is 2.06 bits per heavy atom. The van der Waals surface area contributed by atoms with E-state index in [-0.39, 0.29) is 36.7 Å². The molecule has 0 radical (unpaired) electrons. The van der Waals surface area contributed by atoms with Gasteiger partial charge in [-0.3, -0.25) is 4.79 Å². The van der Waals surface area contributed by atoms with Crippen LogP contribution < -0.4 is 10.1 Å². The molecule has 4 rings (SSSR count). The van der Waals surface area contributed by atoms with Crippen molar-refractivity contribution in [3.8, 4) is 5.75 Å². The minimum Gasteiger partial charge on any atom is -0.491 e. The lowest BCUT2D eigenvalue weighted by Crippen LogP contribution is -2.52. The summed E-state index contributed by atoms with van der Waals surface area (Å²) in [6.07, 6.45) is 2.71. The van der Waals surface area contributed by atoms with E-state index in [0.717, 1.165) is 30.6 Å². The molecule has 0 unspecified atom stereocenters. The Kier molecular flexibility index (Phi) is 8.11. The summed E-state index contributed by atoms with van der Waals surface area (Å²) in [5.41, 5.74) is 2.32. The molecular formula is C26H35N3O4S. The number of benzene rings is 1. The third-order valence-electron chi connectivity index (χ3n) is 6.32. The van der Waals surface area contributed by atoms with E-state index >= 15 is 0 Å². The largest absolute Gasteiger partial charge is 0.491 e. The number of amides is 3. The minimum absolute atomic E-state index is 0.00592. The Morgan fingerprint density at radius 3 is 2.76 bits per heavy atom. The zero-order valence-corrected chi connectivity index (χ0v) is 21.1. The molecule has 2 aromatic rings. The number of ether oxygens (including phenoxy) is 2. The number of nitrogens with one attached hydrogen (secondary N) is 1. The summed E-state index contributed by atoms with van der Waals surface area (Å²) in [6.45, 7) is 8.04. The monoisotopic (exact) mass is 485 g/mol. The van der Waals surface area contributed by atoms with Crippen molar-refractivity contribution in [1.82, 2.24) is 15.1 Å². The van der Waals surface area contributed by atoms with Gasteiger partial charge in [-0.1, -0.05) is 17.7 Å². The highest BCUT2D eigenvalue weighted by atomic mass is 32.1. The van der Waals surface area contributed by atoms with E-state index in [4.69, 9.17) is 9.47 Å². The number of carbonyl (C=O) groups excluding carboxylic acids is 2. The molecular weight excluding hydrogens is 450 g/mol. The van der Waals surface area contributed by atoms with Crippen molar-refractivity contribution >= 4 is 23.3 Å². The van der Waals surface area contributed by atoms with Crippen LogP contribution in [0.2, 0.25) is 0 Å². The summed E-state index contributed by atoms with van der Waals surface area (Å²) in [7, 11) is 0. The summed E-state index contributed by atoms with van der Waals surface area (Å²) in [6, 6.07) is 9.64. The van der Waals surface area contributed by atoms with Gasteiger partial charge in [0.25, 0.3) is 0 Å². The SMILES string of the molecule is Cc1ccc(OC[C@@H]2c3ccsc3CCN2C(=O)CN(C[C@H]2CCCO2)C(=O)NC(C)C)cc1. The third kappa shape index (κ3) is 6.10. The highest BCUT2D eigenvalue weighted by Gasteiger charge is 2.34. The third-order valence-corrected chi connectivity index (χ3v) is 7.31. The van der Waals surface area contributed by atoms with E-state index in [1.54, 1.807) is 16.2 Å². The second kappa shape index (κ2) is 11.2. The number of urea groups is 1. The molecule has 0 saturated carbocycles. The van der Waals surface area contributed by atoms with E-state index in [2.05, 4.69) is 16.8 Å². The van der Waals surface area contributed by atoms with Gasteiger partial charge < -0.3 is 24.6 Å². The fraction of sp³-hybridized carbons (Fsp3) is 0.538. The number of hydrogen-bond donors (Lipinski definition) is 1. The van der Waals surface area contributed by atoms with Gasteiger partial charge >= 0.3 is 6.03 Å². The molecule has 2 atom stereocenters. The summed E-state index contributed by atoms with van der Waals surface area (Å²) < 4.78 is 11.9. The highest BCUT2D eigenvalue weighted by Crippen LogP contribution is 2.34. The van der Waals surface area contributed by atoms with Crippen molar-refractivity contribution in [2.24, 2.45) is 0 Å². The van der Waals surface area contributed by atoms with Crippen LogP contribution in [-0.4, -0.2) is 66.7 Å². The molecule has 8 heteroatoms. The molecule has 184 valence electrons. The molecule has 2 aliphatic heterocycles. The fourth-order valence-corrected chi connectivity index (χ4v) is 5.46. The Hall–Kier alpha value is -2.58. The van der Waals surface area contributed by atoms with Gasteiger partial charge in [0.15, 0.2) is 0 Å². The van der Waals surface area contributed by atoms with Crippen molar-refractivity contribution in [3.63, 3.8) is 0 Å². The standard InChI is InChI=1S/C26H35N3O4S/c1-18(2)27-26(31)28(15-21-5-4-13-32-21)16-25(30)29-12-10-24-22(11-14-34-24)23(29)17-33-20-8-6-19(3)7-9-20/h6-9,11,14,18,21,23H,4-5,10,12-13,15-17H2,1-3H3,(H,27,31)/t21-,23-/m1/s1. The lowest BCUT2D eigenvalue weighted by atomic mass is 10.0. The smallest absolute Gasteiger partial charge is 0.318 e. The van der Waals surface area contributed by atoms with Crippen LogP contribution in [-0.2, 0) is 16.0 Å². The zero-order chi connectivity index (χ0) is 24.1. The Bertz CT molecular complexity index is 969. The molecule has 3 amide bonds. The Balaban J connectivity index is 1.48. The normalized spacial score (nSPS) is 19.7. The average Bonchev–Trinajstić information content (AvgIpc) is 3.49. The number of hydrogen-bond acceptors (Lipinski definition) is 5. The first-order chi connectivity index (χ1) is 16.4. The van der Waals surface area contributed by atoms with E-state index in [9.17, 15) is 9.59 Å². The topological polar surface area (TPSA) is 71.1 Å². The molecule has 34 heavy (non-hydrogen) atoms. The summed E-state index contributed by atoms with van der Waals surface area (Å²) in [4.78, 5) is 31.3. The molecule has 1 aromatic carbocycles. The second-order valence-electron chi connectivity index (χ2n) is 9.40. The molecule has 0 bridgehead atoms. The van der Waals surface area contributed by atoms with E-state index in [1.165, 1.54) is 10.4 Å². The first-order valence-electron chi connectivity index (χ1n) is 12.1. The predicted molar refractivity (Wildman–Crippen MR) is 133 cm³/mol. The van der Waals surface area contributed by atoms with Crippen molar-refractivity contribution in [2.45, 2.75) is 58.2 Å². The summed E-state index contributed by atoms with van der Waals surface area (Å²) in [5, 5.41) is 5.02. The second-order valence-corrected chi connectivity index (χ2v) is 10.4.